The van der Waals surface area contributed by atoms with Crippen molar-refractivity contribution in [2.75, 3.05) is 17.4 Å². The van der Waals surface area contributed by atoms with Crippen LogP contribution in [0.2, 0.25) is 10.0 Å². The lowest BCUT2D eigenvalue weighted by Gasteiger charge is -2.34. The van der Waals surface area contributed by atoms with Crippen LogP contribution in [0.4, 0.5) is 10.1 Å². The molecule has 0 aliphatic rings. The van der Waals surface area contributed by atoms with Gasteiger partial charge < -0.3 is 10.2 Å². The summed E-state index contributed by atoms with van der Waals surface area (Å²) in [7, 11) is -4.37. The minimum absolute atomic E-state index is 0.0148. The highest BCUT2D eigenvalue weighted by molar-refractivity contribution is 7.92. The van der Waals surface area contributed by atoms with Gasteiger partial charge in [-0.3, -0.25) is 13.9 Å². The number of anilines is 1. The number of halogens is 3. The van der Waals surface area contributed by atoms with E-state index in [0.29, 0.717) is 13.0 Å². The zero-order chi connectivity index (χ0) is 32.6. The molecule has 0 heterocycles. The number of nitrogens with one attached hydrogen (secondary N) is 1. The number of hydrogen-bond donors (Lipinski definition) is 1. The first-order valence-corrected chi connectivity index (χ1v) is 16.6. The van der Waals surface area contributed by atoms with Crippen LogP contribution in [0.25, 0.3) is 0 Å². The zero-order valence-electron chi connectivity index (χ0n) is 24.9. The Hall–Kier alpha value is -3.92. The van der Waals surface area contributed by atoms with Gasteiger partial charge in [0.05, 0.1) is 20.6 Å². The van der Waals surface area contributed by atoms with Crippen molar-refractivity contribution in [3.05, 3.63) is 130 Å². The van der Waals surface area contributed by atoms with Gasteiger partial charge in [0.1, 0.15) is 18.4 Å². The van der Waals surface area contributed by atoms with Crippen molar-refractivity contribution in [3.8, 4) is 0 Å². The molecule has 0 saturated heterocycles. The van der Waals surface area contributed by atoms with Gasteiger partial charge in [0.15, 0.2) is 0 Å². The normalized spacial score (nSPS) is 11.9. The van der Waals surface area contributed by atoms with Gasteiger partial charge in [-0.2, -0.15) is 0 Å². The van der Waals surface area contributed by atoms with E-state index in [1.165, 1.54) is 53.4 Å². The molecule has 4 aromatic carbocycles. The SMILES string of the molecule is CCCNC(=O)[C@@H](Cc1ccccc1)N(Cc1ccccc1F)C(=O)CN(c1cccc(Cl)c1Cl)S(=O)(=O)c1ccc(C)cc1. The highest BCUT2D eigenvalue weighted by atomic mass is 35.5. The van der Waals surface area contributed by atoms with Crippen LogP contribution in [0.1, 0.15) is 30.0 Å². The molecule has 11 heteroatoms. The number of nitrogens with zero attached hydrogens (tertiary/aromatic N) is 2. The number of aryl methyl sites for hydroxylation is 1. The van der Waals surface area contributed by atoms with E-state index in [4.69, 9.17) is 23.2 Å². The molecule has 0 radical (unpaired) electrons. The molecular weight excluding hydrogens is 636 g/mol. The van der Waals surface area contributed by atoms with Crippen molar-refractivity contribution in [2.45, 2.75) is 44.2 Å². The number of hydrogen-bond acceptors (Lipinski definition) is 4. The first kappa shape index (κ1) is 34.0. The zero-order valence-corrected chi connectivity index (χ0v) is 27.2. The minimum atomic E-state index is -4.37. The first-order valence-electron chi connectivity index (χ1n) is 14.4. The van der Waals surface area contributed by atoms with Gasteiger partial charge in [0.2, 0.25) is 11.8 Å². The Kier molecular flexibility index (Phi) is 11.6. The Balaban J connectivity index is 1.83. The molecule has 0 aliphatic carbocycles. The third kappa shape index (κ3) is 8.42. The summed E-state index contributed by atoms with van der Waals surface area (Å²) >= 11 is 12.8. The van der Waals surface area contributed by atoms with Crippen LogP contribution in [0.15, 0.2) is 102 Å². The van der Waals surface area contributed by atoms with Crippen molar-refractivity contribution in [3.63, 3.8) is 0 Å². The fraction of sp³-hybridized carbons (Fsp3) is 0.235. The minimum Gasteiger partial charge on any atom is -0.354 e. The topological polar surface area (TPSA) is 86.8 Å². The average molecular weight is 671 g/mol. The number of benzene rings is 4. The molecule has 0 spiro atoms. The second kappa shape index (κ2) is 15.4. The summed E-state index contributed by atoms with van der Waals surface area (Å²) in [6, 6.07) is 24.6. The van der Waals surface area contributed by atoms with Gasteiger partial charge in [-0.05, 0) is 49.2 Å². The maximum absolute atomic E-state index is 15.0. The Morgan fingerprint density at radius 2 is 1.56 bits per heavy atom. The van der Waals surface area contributed by atoms with Crippen LogP contribution >= 0.6 is 23.2 Å². The molecule has 1 N–H and O–H groups in total. The van der Waals surface area contributed by atoms with Gasteiger partial charge in [0.25, 0.3) is 10.0 Å². The molecule has 0 saturated carbocycles. The monoisotopic (exact) mass is 669 g/mol. The number of rotatable bonds is 13. The summed E-state index contributed by atoms with van der Waals surface area (Å²) in [6.45, 7) is 3.05. The van der Waals surface area contributed by atoms with E-state index < -0.39 is 40.2 Å². The smallest absolute Gasteiger partial charge is 0.264 e. The van der Waals surface area contributed by atoms with Crippen molar-refractivity contribution in [1.29, 1.82) is 0 Å². The van der Waals surface area contributed by atoms with Crippen molar-refractivity contribution < 1.29 is 22.4 Å². The summed E-state index contributed by atoms with van der Waals surface area (Å²) in [6.07, 6.45) is 0.764. The molecule has 1 atom stereocenters. The molecule has 7 nitrogen and oxygen atoms in total. The number of carbonyl (C=O) groups is 2. The summed E-state index contributed by atoms with van der Waals surface area (Å²) in [5.41, 5.74) is 1.76. The fourth-order valence-corrected chi connectivity index (χ4v) is 6.64. The lowest BCUT2D eigenvalue weighted by molar-refractivity contribution is -0.140. The summed E-state index contributed by atoms with van der Waals surface area (Å²) in [5.74, 6) is -1.75. The average Bonchev–Trinajstić information content (AvgIpc) is 3.03. The van der Waals surface area contributed by atoms with Crippen LogP contribution < -0.4 is 9.62 Å². The van der Waals surface area contributed by atoms with Gasteiger partial charge in [0, 0.05) is 25.1 Å². The van der Waals surface area contributed by atoms with E-state index in [2.05, 4.69) is 5.32 Å². The second-order valence-corrected chi connectivity index (χ2v) is 13.2. The van der Waals surface area contributed by atoms with Gasteiger partial charge >= 0.3 is 0 Å². The van der Waals surface area contributed by atoms with Crippen molar-refractivity contribution in [2.24, 2.45) is 0 Å². The molecule has 2 amide bonds. The first-order chi connectivity index (χ1) is 21.5. The largest absolute Gasteiger partial charge is 0.354 e. The van der Waals surface area contributed by atoms with E-state index in [-0.39, 0.29) is 39.2 Å². The number of carbonyl (C=O) groups excluding carboxylic acids is 2. The molecule has 4 aromatic rings. The summed E-state index contributed by atoms with van der Waals surface area (Å²) in [5, 5.41) is 2.88. The second-order valence-electron chi connectivity index (χ2n) is 10.5. The summed E-state index contributed by atoms with van der Waals surface area (Å²) in [4.78, 5) is 29.2. The van der Waals surface area contributed by atoms with Crippen LogP contribution in [-0.4, -0.2) is 44.3 Å². The maximum Gasteiger partial charge on any atom is 0.264 e. The van der Waals surface area contributed by atoms with Crippen molar-refractivity contribution >= 4 is 50.7 Å². The Bertz CT molecular complexity index is 1740. The highest BCUT2D eigenvalue weighted by Gasteiger charge is 2.35. The Labute approximate surface area is 273 Å². The molecule has 0 aromatic heterocycles. The molecule has 4 rings (SSSR count). The van der Waals surface area contributed by atoms with Crippen LogP contribution in [0, 0.1) is 12.7 Å². The van der Waals surface area contributed by atoms with Crippen molar-refractivity contribution in [1.82, 2.24) is 10.2 Å². The molecular formula is C34H34Cl2FN3O4S. The lowest BCUT2D eigenvalue weighted by atomic mass is 10.0. The van der Waals surface area contributed by atoms with Crippen LogP contribution in [-0.2, 0) is 32.6 Å². The van der Waals surface area contributed by atoms with Gasteiger partial charge in [-0.15, -0.1) is 0 Å². The predicted octanol–water partition coefficient (Wildman–Crippen LogP) is 6.80. The summed E-state index contributed by atoms with van der Waals surface area (Å²) < 4.78 is 44.1. The van der Waals surface area contributed by atoms with E-state index in [1.807, 2.05) is 44.2 Å². The number of sulfonamides is 1. The quantitative estimate of drug-likeness (QED) is 0.170. The third-order valence-corrected chi connectivity index (χ3v) is 9.79. The molecule has 236 valence electrons. The third-order valence-electron chi connectivity index (χ3n) is 7.21. The number of amides is 2. The fourth-order valence-electron chi connectivity index (χ4n) is 4.77. The molecule has 45 heavy (non-hydrogen) atoms. The lowest BCUT2D eigenvalue weighted by Crippen LogP contribution is -2.53. The molecule has 0 bridgehead atoms. The van der Waals surface area contributed by atoms with E-state index in [9.17, 15) is 22.4 Å². The van der Waals surface area contributed by atoms with E-state index >= 15 is 0 Å². The highest BCUT2D eigenvalue weighted by Crippen LogP contribution is 2.35. The van der Waals surface area contributed by atoms with Gasteiger partial charge in [-0.25, -0.2) is 12.8 Å². The van der Waals surface area contributed by atoms with Gasteiger partial charge in [-0.1, -0.05) is 102 Å². The Morgan fingerprint density at radius 1 is 0.889 bits per heavy atom. The van der Waals surface area contributed by atoms with E-state index in [1.54, 1.807) is 18.2 Å². The predicted molar refractivity (Wildman–Crippen MR) is 176 cm³/mol. The van der Waals surface area contributed by atoms with Crippen LogP contribution in [0.3, 0.4) is 0 Å². The standard InChI is InChI=1S/C34H34Cl2FN3O4S/c1-3-20-38-34(42)31(21-25-10-5-4-6-11-25)39(22-26-12-7-8-14-29(26)37)32(41)23-40(30-15-9-13-28(35)33(30)36)45(43,44)27-18-16-24(2)17-19-27/h4-19,31H,3,20-23H2,1-2H3,(H,38,42)/t31-/m1/s1. The molecule has 0 fully saturated rings. The Morgan fingerprint density at radius 3 is 2.22 bits per heavy atom. The van der Waals surface area contributed by atoms with Crippen LogP contribution in [0.5, 0.6) is 0 Å². The maximum atomic E-state index is 15.0. The molecule has 0 aliphatic heterocycles. The molecule has 0 unspecified atom stereocenters. The van der Waals surface area contributed by atoms with E-state index in [0.717, 1.165) is 15.4 Å².